The summed E-state index contributed by atoms with van der Waals surface area (Å²) < 4.78 is 0. The molecule has 2 saturated heterocycles. The lowest BCUT2D eigenvalue weighted by Gasteiger charge is -2.34. The van der Waals surface area contributed by atoms with Gasteiger partial charge in [0.2, 0.25) is 17.7 Å². The van der Waals surface area contributed by atoms with Crippen LogP contribution in [0.4, 0.5) is 0 Å². The Kier molecular flexibility index (Phi) is 5.08. The Bertz CT molecular complexity index is 393. The molecule has 0 atom stereocenters. The van der Waals surface area contributed by atoms with Gasteiger partial charge in [0, 0.05) is 19.0 Å². The number of piperidine rings is 1. The summed E-state index contributed by atoms with van der Waals surface area (Å²) in [7, 11) is 0. The lowest BCUT2D eigenvalue weighted by Crippen LogP contribution is -2.50. The first-order valence-corrected chi connectivity index (χ1v) is 7.14. The molecule has 0 saturated carbocycles. The number of carbonyl (C=O) groups is 3. The fourth-order valence-electron chi connectivity index (χ4n) is 2.86. The summed E-state index contributed by atoms with van der Waals surface area (Å²) in [6.07, 6.45) is 2.94. The SMILES string of the molecule is NC(=O)CN(CC(=O)N1CCCC1=O)C1CCNCC1. The normalized spacial score (nSPS) is 20.6. The van der Waals surface area contributed by atoms with E-state index in [0.29, 0.717) is 13.0 Å². The van der Waals surface area contributed by atoms with Crippen molar-refractivity contribution in [2.75, 3.05) is 32.7 Å². The van der Waals surface area contributed by atoms with E-state index >= 15 is 0 Å². The molecule has 2 rings (SSSR count). The van der Waals surface area contributed by atoms with E-state index in [0.717, 1.165) is 32.4 Å². The third-order valence-electron chi connectivity index (χ3n) is 3.90. The molecule has 112 valence electrons. The molecule has 0 aliphatic carbocycles. The molecule has 0 aromatic heterocycles. The van der Waals surface area contributed by atoms with Crippen LogP contribution >= 0.6 is 0 Å². The van der Waals surface area contributed by atoms with Gasteiger partial charge in [-0.25, -0.2) is 0 Å². The molecular weight excluding hydrogens is 260 g/mol. The second kappa shape index (κ2) is 6.81. The smallest absolute Gasteiger partial charge is 0.243 e. The second-order valence-corrected chi connectivity index (χ2v) is 5.40. The van der Waals surface area contributed by atoms with Crippen LogP contribution in [0.25, 0.3) is 0 Å². The van der Waals surface area contributed by atoms with E-state index in [1.165, 1.54) is 4.90 Å². The summed E-state index contributed by atoms with van der Waals surface area (Å²) in [4.78, 5) is 38.1. The summed E-state index contributed by atoms with van der Waals surface area (Å²) in [5, 5.41) is 3.25. The topological polar surface area (TPSA) is 95.7 Å². The quantitative estimate of drug-likeness (QED) is 0.652. The summed E-state index contributed by atoms with van der Waals surface area (Å²) >= 11 is 0. The molecule has 2 heterocycles. The number of likely N-dealkylation sites (tertiary alicyclic amines) is 1. The largest absolute Gasteiger partial charge is 0.369 e. The molecule has 2 aliphatic rings. The van der Waals surface area contributed by atoms with E-state index in [1.54, 1.807) is 0 Å². The maximum absolute atomic E-state index is 12.2. The highest BCUT2D eigenvalue weighted by Crippen LogP contribution is 2.14. The zero-order valence-corrected chi connectivity index (χ0v) is 11.6. The number of carbonyl (C=O) groups excluding carboxylic acids is 3. The molecule has 7 heteroatoms. The first-order valence-electron chi connectivity index (χ1n) is 7.14. The fourth-order valence-corrected chi connectivity index (χ4v) is 2.86. The third-order valence-corrected chi connectivity index (χ3v) is 3.90. The minimum Gasteiger partial charge on any atom is -0.369 e. The van der Waals surface area contributed by atoms with E-state index in [9.17, 15) is 14.4 Å². The van der Waals surface area contributed by atoms with Crippen molar-refractivity contribution in [1.82, 2.24) is 15.1 Å². The van der Waals surface area contributed by atoms with Gasteiger partial charge in [-0.15, -0.1) is 0 Å². The highest BCUT2D eigenvalue weighted by molar-refractivity contribution is 5.97. The number of nitrogens with one attached hydrogen (secondary N) is 1. The molecule has 3 N–H and O–H groups in total. The first-order chi connectivity index (χ1) is 9.58. The molecule has 0 aromatic carbocycles. The Labute approximate surface area is 118 Å². The van der Waals surface area contributed by atoms with Gasteiger partial charge >= 0.3 is 0 Å². The van der Waals surface area contributed by atoms with Gasteiger partial charge < -0.3 is 11.1 Å². The molecule has 0 bridgehead atoms. The molecule has 0 aromatic rings. The lowest BCUT2D eigenvalue weighted by molar-refractivity contribution is -0.143. The van der Waals surface area contributed by atoms with Gasteiger partial charge in [-0.2, -0.15) is 0 Å². The van der Waals surface area contributed by atoms with Crippen molar-refractivity contribution in [3.8, 4) is 0 Å². The van der Waals surface area contributed by atoms with Gasteiger partial charge in [-0.05, 0) is 32.4 Å². The highest BCUT2D eigenvalue weighted by Gasteiger charge is 2.30. The average Bonchev–Trinajstić information content (AvgIpc) is 2.85. The molecule has 0 radical (unpaired) electrons. The zero-order chi connectivity index (χ0) is 14.5. The maximum atomic E-state index is 12.2. The number of hydrogen-bond acceptors (Lipinski definition) is 5. The van der Waals surface area contributed by atoms with Gasteiger partial charge in [0.05, 0.1) is 13.1 Å². The molecular formula is C13H22N4O3. The van der Waals surface area contributed by atoms with Crippen molar-refractivity contribution in [3.05, 3.63) is 0 Å². The van der Waals surface area contributed by atoms with Crippen molar-refractivity contribution in [1.29, 1.82) is 0 Å². The zero-order valence-electron chi connectivity index (χ0n) is 11.6. The van der Waals surface area contributed by atoms with Crippen molar-refractivity contribution in [2.45, 2.75) is 31.7 Å². The lowest BCUT2D eigenvalue weighted by atomic mass is 10.0. The van der Waals surface area contributed by atoms with E-state index in [2.05, 4.69) is 5.32 Å². The van der Waals surface area contributed by atoms with Crippen LogP contribution in [0.5, 0.6) is 0 Å². The Morgan fingerprint density at radius 1 is 1.30 bits per heavy atom. The molecule has 2 aliphatic heterocycles. The average molecular weight is 282 g/mol. The van der Waals surface area contributed by atoms with Crippen LogP contribution in [0.1, 0.15) is 25.7 Å². The third kappa shape index (κ3) is 3.77. The maximum Gasteiger partial charge on any atom is 0.243 e. The van der Waals surface area contributed by atoms with Crippen LogP contribution in [-0.2, 0) is 14.4 Å². The van der Waals surface area contributed by atoms with Crippen LogP contribution in [0.3, 0.4) is 0 Å². The van der Waals surface area contributed by atoms with Crippen LogP contribution in [0.2, 0.25) is 0 Å². The fraction of sp³-hybridized carbons (Fsp3) is 0.769. The Morgan fingerprint density at radius 2 is 2.00 bits per heavy atom. The van der Waals surface area contributed by atoms with Gasteiger partial charge in [0.15, 0.2) is 0 Å². The predicted molar refractivity (Wildman–Crippen MR) is 72.6 cm³/mol. The van der Waals surface area contributed by atoms with Crippen LogP contribution in [0, 0.1) is 0 Å². The standard InChI is InChI=1S/C13H22N4O3/c14-11(18)8-16(10-3-5-15-6-4-10)9-13(20)17-7-1-2-12(17)19/h10,15H,1-9H2,(H2,14,18). The van der Waals surface area contributed by atoms with E-state index in [1.807, 2.05) is 4.90 Å². The van der Waals surface area contributed by atoms with Gasteiger partial charge in [-0.3, -0.25) is 24.2 Å². The van der Waals surface area contributed by atoms with Crippen LogP contribution in [0.15, 0.2) is 0 Å². The first kappa shape index (κ1) is 14.9. The number of rotatable bonds is 5. The van der Waals surface area contributed by atoms with Crippen molar-refractivity contribution < 1.29 is 14.4 Å². The number of hydrogen-bond donors (Lipinski definition) is 2. The van der Waals surface area contributed by atoms with Crippen molar-refractivity contribution in [3.63, 3.8) is 0 Å². The summed E-state index contributed by atoms with van der Waals surface area (Å²) in [6.45, 7) is 2.40. The molecule has 2 fully saturated rings. The number of imide groups is 1. The molecule has 7 nitrogen and oxygen atoms in total. The summed E-state index contributed by atoms with van der Waals surface area (Å²) in [6, 6.07) is 0.172. The second-order valence-electron chi connectivity index (χ2n) is 5.40. The minimum atomic E-state index is -0.441. The van der Waals surface area contributed by atoms with Crippen LogP contribution in [-0.4, -0.2) is 66.3 Å². The number of primary amides is 1. The highest BCUT2D eigenvalue weighted by atomic mass is 16.2. The monoisotopic (exact) mass is 282 g/mol. The van der Waals surface area contributed by atoms with E-state index in [-0.39, 0.29) is 30.9 Å². The summed E-state index contributed by atoms with van der Waals surface area (Å²) in [5.41, 5.74) is 5.27. The van der Waals surface area contributed by atoms with Gasteiger partial charge in [0.1, 0.15) is 0 Å². The Hall–Kier alpha value is -1.47. The minimum absolute atomic E-state index is 0.0679. The van der Waals surface area contributed by atoms with Gasteiger partial charge in [0.25, 0.3) is 0 Å². The predicted octanol–water partition coefficient (Wildman–Crippen LogP) is -1.33. The van der Waals surface area contributed by atoms with E-state index < -0.39 is 5.91 Å². The van der Waals surface area contributed by atoms with Gasteiger partial charge in [-0.1, -0.05) is 0 Å². The summed E-state index contributed by atoms with van der Waals surface area (Å²) in [5.74, 6) is -0.768. The molecule has 3 amide bonds. The molecule has 0 unspecified atom stereocenters. The number of nitrogens with zero attached hydrogens (tertiary/aromatic N) is 2. The number of nitrogens with two attached hydrogens (primary N) is 1. The number of amides is 3. The Balaban J connectivity index is 1.97. The van der Waals surface area contributed by atoms with Crippen LogP contribution < -0.4 is 11.1 Å². The van der Waals surface area contributed by atoms with E-state index in [4.69, 9.17) is 5.73 Å². The van der Waals surface area contributed by atoms with Crippen molar-refractivity contribution in [2.24, 2.45) is 5.73 Å². The molecule has 20 heavy (non-hydrogen) atoms. The van der Waals surface area contributed by atoms with Crippen molar-refractivity contribution >= 4 is 17.7 Å². The molecule has 0 spiro atoms. The Morgan fingerprint density at radius 3 is 2.55 bits per heavy atom.